The molecule has 24 heavy (non-hydrogen) atoms. The fourth-order valence-corrected chi connectivity index (χ4v) is 2.75. The Kier molecular flexibility index (Phi) is 4.56. The normalized spacial score (nSPS) is 11.9. The van der Waals surface area contributed by atoms with E-state index in [-0.39, 0.29) is 16.7 Å². The minimum atomic E-state index is -0.339. The van der Waals surface area contributed by atoms with Crippen molar-refractivity contribution >= 4 is 5.69 Å². The highest BCUT2D eigenvalue weighted by molar-refractivity contribution is 5.41. The molecule has 0 saturated heterocycles. The highest BCUT2D eigenvalue weighted by atomic mass is 16.6. The van der Waals surface area contributed by atoms with Crippen LogP contribution in [0, 0.1) is 10.1 Å². The third-order valence-corrected chi connectivity index (χ3v) is 3.99. The molecule has 0 bridgehead atoms. The summed E-state index contributed by atoms with van der Waals surface area (Å²) in [4.78, 5) is 15.0. The number of methoxy groups -OCH3 is 1. The van der Waals surface area contributed by atoms with Gasteiger partial charge in [0.25, 0.3) is 5.69 Å². The average molecular weight is 323 g/mol. The van der Waals surface area contributed by atoms with Crippen molar-refractivity contribution in [2.75, 3.05) is 7.11 Å². The fourth-order valence-electron chi connectivity index (χ4n) is 2.75. The van der Waals surface area contributed by atoms with E-state index in [1.54, 1.807) is 31.8 Å². The van der Waals surface area contributed by atoms with E-state index >= 15 is 0 Å². The van der Waals surface area contributed by atoms with Gasteiger partial charge < -0.3 is 9.30 Å². The zero-order valence-electron chi connectivity index (χ0n) is 13.2. The number of rotatable bonds is 6. The van der Waals surface area contributed by atoms with Crippen LogP contribution in [0.15, 0.2) is 67.3 Å². The Labute approximate surface area is 139 Å². The second-order valence-electron chi connectivity index (χ2n) is 5.39. The molecule has 6 nitrogen and oxygen atoms in total. The van der Waals surface area contributed by atoms with Crippen LogP contribution in [0.1, 0.15) is 17.2 Å². The zero-order valence-corrected chi connectivity index (χ0v) is 13.2. The van der Waals surface area contributed by atoms with Crippen LogP contribution in [0.3, 0.4) is 0 Å². The summed E-state index contributed by atoms with van der Waals surface area (Å²) in [6, 6.07) is 14.5. The molecule has 0 saturated carbocycles. The van der Waals surface area contributed by atoms with Gasteiger partial charge in [-0.3, -0.25) is 10.1 Å². The van der Waals surface area contributed by atoms with Crippen molar-refractivity contribution in [2.24, 2.45) is 0 Å². The van der Waals surface area contributed by atoms with Gasteiger partial charge >= 0.3 is 0 Å². The lowest BCUT2D eigenvalue weighted by molar-refractivity contribution is -0.385. The van der Waals surface area contributed by atoms with Crippen LogP contribution in [0.5, 0.6) is 5.75 Å². The summed E-state index contributed by atoms with van der Waals surface area (Å²) in [5.74, 6) is 0.772. The number of nitro benzene ring substituents is 1. The van der Waals surface area contributed by atoms with Crippen LogP contribution in [0.2, 0.25) is 0 Å². The van der Waals surface area contributed by atoms with Crippen LogP contribution in [-0.2, 0) is 6.42 Å². The number of para-hydroxylation sites is 1. The summed E-state index contributed by atoms with van der Waals surface area (Å²) in [5.41, 5.74) is 1.86. The van der Waals surface area contributed by atoms with Gasteiger partial charge in [-0.25, -0.2) is 4.98 Å². The minimum Gasteiger partial charge on any atom is -0.497 e. The number of nitro groups is 1. The number of hydrogen-bond acceptors (Lipinski definition) is 4. The molecule has 0 aliphatic heterocycles. The summed E-state index contributed by atoms with van der Waals surface area (Å²) < 4.78 is 7.16. The molecule has 0 spiro atoms. The first-order chi connectivity index (χ1) is 11.7. The van der Waals surface area contributed by atoms with Gasteiger partial charge in [0.2, 0.25) is 0 Å². The van der Waals surface area contributed by atoms with Crippen molar-refractivity contribution in [1.82, 2.24) is 9.55 Å². The van der Waals surface area contributed by atoms with E-state index in [4.69, 9.17) is 4.74 Å². The predicted octanol–water partition coefficient (Wildman–Crippen LogP) is 3.63. The largest absolute Gasteiger partial charge is 0.497 e. The molecule has 1 atom stereocenters. The molecular formula is C18H17N3O3. The van der Waals surface area contributed by atoms with Crippen LogP contribution < -0.4 is 4.74 Å². The van der Waals surface area contributed by atoms with E-state index in [1.165, 1.54) is 6.07 Å². The van der Waals surface area contributed by atoms with E-state index < -0.39 is 0 Å². The first-order valence-corrected chi connectivity index (χ1v) is 7.52. The molecule has 0 N–H and O–H groups in total. The summed E-state index contributed by atoms with van der Waals surface area (Å²) in [6.45, 7) is 0. The molecule has 0 fully saturated rings. The van der Waals surface area contributed by atoms with Crippen LogP contribution in [-0.4, -0.2) is 21.6 Å². The van der Waals surface area contributed by atoms with Crippen molar-refractivity contribution in [3.63, 3.8) is 0 Å². The van der Waals surface area contributed by atoms with Gasteiger partial charge in [0.15, 0.2) is 0 Å². The Bertz CT molecular complexity index is 814. The maximum atomic E-state index is 11.3. The summed E-state index contributed by atoms with van der Waals surface area (Å²) in [6.07, 6.45) is 5.79. The maximum absolute atomic E-state index is 11.3. The van der Waals surface area contributed by atoms with E-state index in [0.717, 1.165) is 11.3 Å². The number of benzene rings is 2. The number of aromatic nitrogens is 2. The van der Waals surface area contributed by atoms with Crippen molar-refractivity contribution in [1.29, 1.82) is 0 Å². The summed E-state index contributed by atoms with van der Waals surface area (Å²) in [7, 11) is 1.62. The lowest BCUT2D eigenvalue weighted by Crippen LogP contribution is -2.13. The molecule has 0 radical (unpaired) electrons. The van der Waals surface area contributed by atoms with Crippen molar-refractivity contribution in [3.8, 4) is 5.75 Å². The molecule has 1 heterocycles. The molecule has 0 aliphatic carbocycles. The third kappa shape index (κ3) is 3.27. The molecule has 0 aliphatic rings. The van der Waals surface area contributed by atoms with E-state index in [1.807, 2.05) is 41.1 Å². The monoisotopic (exact) mass is 323 g/mol. The minimum absolute atomic E-state index is 0.0838. The second-order valence-corrected chi connectivity index (χ2v) is 5.39. The number of imidazole rings is 1. The second kappa shape index (κ2) is 6.95. The third-order valence-electron chi connectivity index (χ3n) is 3.99. The first kappa shape index (κ1) is 15.7. The molecule has 122 valence electrons. The average Bonchev–Trinajstić information content (AvgIpc) is 3.14. The van der Waals surface area contributed by atoms with Crippen molar-refractivity contribution < 1.29 is 9.66 Å². The molecule has 3 rings (SSSR count). The van der Waals surface area contributed by atoms with Gasteiger partial charge in [0.05, 0.1) is 24.4 Å². The first-order valence-electron chi connectivity index (χ1n) is 7.52. The number of ether oxygens (including phenoxy) is 1. The highest BCUT2D eigenvalue weighted by Crippen LogP contribution is 2.28. The maximum Gasteiger partial charge on any atom is 0.272 e. The van der Waals surface area contributed by atoms with E-state index in [0.29, 0.717) is 12.0 Å². The molecule has 6 heteroatoms. The quantitative estimate of drug-likeness (QED) is 0.513. The van der Waals surface area contributed by atoms with Crippen LogP contribution >= 0.6 is 0 Å². The molecule has 1 aromatic heterocycles. The van der Waals surface area contributed by atoms with Crippen LogP contribution in [0.4, 0.5) is 5.69 Å². The van der Waals surface area contributed by atoms with Crippen molar-refractivity contribution in [2.45, 2.75) is 12.5 Å². The highest BCUT2D eigenvalue weighted by Gasteiger charge is 2.20. The van der Waals surface area contributed by atoms with Crippen molar-refractivity contribution in [3.05, 3.63) is 88.5 Å². The van der Waals surface area contributed by atoms with Gasteiger partial charge in [-0.2, -0.15) is 0 Å². The number of nitrogens with zero attached hydrogens (tertiary/aromatic N) is 3. The summed E-state index contributed by atoms with van der Waals surface area (Å²) in [5, 5.41) is 11.3. The number of hydrogen-bond donors (Lipinski definition) is 0. The van der Waals surface area contributed by atoms with E-state index in [2.05, 4.69) is 4.98 Å². The molecule has 3 aromatic rings. The van der Waals surface area contributed by atoms with Gasteiger partial charge in [0, 0.05) is 30.4 Å². The summed E-state index contributed by atoms with van der Waals surface area (Å²) >= 11 is 0. The smallest absolute Gasteiger partial charge is 0.272 e. The zero-order chi connectivity index (χ0) is 16.9. The Morgan fingerprint density at radius 1 is 1.21 bits per heavy atom. The molecular weight excluding hydrogens is 306 g/mol. The van der Waals surface area contributed by atoms with Gasteiger partial charge in [-0.15, -0.1) is 0 Å². The predicted molar refractivity (Wildman–Crippen MR) is 90.2 cm³/mol. The fraction of sp³-hybridized carbons (Fsp3) is 0.167. The van der Waals surface area contributed by atoms with Gasteiger partial charge in [-0.1, -0.05) is 30.3 Å². The Hall–Kier alpha value is -3.15. The van der Waals surface area contributed by atoms with Gasteiger partial charge in [-0.05, 0) is 17.7 Å². The van der Waals surface area contributed by atoms with Crippen LogP contribution in [0.25, 0.3) is 0 Å². The lowest BCUT2D eigenvalue weighted by atomic mass is 9.97. The lowest BCUT2D eigenvalue weighted by Gasteiger charge is -2.19. The Morgan fingerprint density at radius 2 is 1.96 bits per heavy atom. The molecule has 2 aromatic carbocycles. The van der Waals surface area contributed by atoms with Gasteiger partial charge in [0.1, 0.15) is 5.75 Å². The molecule has 0 amide bonds. The molecule has 0 unspecified atom stereocenters. The van der Waals surface area contributed by atoms with E-state index in [9.17, 15) is 10.1 Å². The topological polar surface area (TPSA) is 70.2 Å². The Morgan fingerprint density at radius 3 is 2.58 bits per heavy atom. The SMILES string of the molecule is COc1ccc([C@H](Cc2ccccc2[N+](=O)[O-])n2ccnc2)cc1. The Balaban J connectivity index is 1.99. The standard InChI is InChI=1S/C18H17N3O3/c1-24-16-8-6-14(7-9-16)18(20-11-10-19-13-20)12-15-4-2-3-5-17(15)21(22)23/h2-11,13,18H,12H2,1H3/t18-/m0/s1.